The number of benzene rings is 1. The first-order chi connectivity index (χ1) is 10.6. The summed E-state index contributed by atoms with van der Waals surface area (Å²) < 4.78 is 5.90. The van der Waals surface area contributed by atoms with E-state index in [2.05, 4.69) is 30.4 Å². The highest BCUT2D eigenvalue weighted by molar-refractivity contribution is 5.97. The fraction of sp³-hybridized carbons (Fsp3) is 0.526. The molecule has 6 rings (SSSR count). The molecule has 3 nitrogen and oxygen atoms in total. The molecule has 5 aliphatic rings. The summed E-state index contributed by atoms with van der Waals surface area (Å²) in [7, 11) is 0. The molecular formula is C19H19NO2. The van der Waals surface area contributed by atoms with E-state index in [-0.39, 0.29) is 22.3 Å². The van der Waals surface area contributed by atoms with Crippen LogP contribution in [0.4, 0.5) is 0 Å². The Morgan fingerprint density at radius 2 is 2.27 bits per heavy atom. The van der Waals surface area contributed by atoms with E-state index in [9.17, 15) is 4.79 Å². The van der Waals surface area contributed by atoms with E-state index >= 15 is 0 Å². The molecule has 0 aromatic heterocycles. The first kappa shape index (κ1) is 11.9. The lowest BCUT2D eigenvalue weighted by molar-refractivity contribution is -0.122. The van der Waals surface area contributed by atoms with Crippen LogP contribution in [0.15, 0.2) is 24.3 Å². The molecule has 1 heterocycles. The van der Waals surface area contributed by atoms with Crippen LogP contribution in [0.2, 0.25) is 0 Å². The molecule has 5 unspecified atom stereocenters. The number of hydrogen-bond donors (Lipinski definition) is 1. The Bertz CT molecular complexity index is 812. The van der Waals surface area contributed by atoms with E-state index in [1.54, 1.807) is 0 Å². The minimum Gasteiger partial charge on any atom is -0.494 e. The summed E-state index contributed by atoms with van der Waals surface area (Å²) in [6.45, 7) is 5.07. The third kappa shape index (κ3) is 0.861. The van der Waals surface area contributed by atoms with E-state index < -0.39 is 0 Å². The maximum Gasteiger partial charge on any atom is 0.159 e. The van der Waals surface area contributed by atoms with Crippen LogP contribution in [0.25, 0.3) is 0 Å². The van der Waals surface area contributed by atoms with Crippen LogP contribution in [-0.4, -0.2) is 18.4 Å². The van der Waals surface area contributed by atoms with Gasteiger partial charge in [0.15, 0.2) is 5.78 Å². The number of piperidine rings is 1. The van der Waals surface area contributed by atoms with E-state index in [1.807, 2.05) is 13.0 Å². The second-order valence-electron chi connectivity index (χ2n) is 7.87. The summed E-state index contributed by atoms with van der Waals surface area (Å²) >= 11 is 0. The zero-order valence-corrected chi connectivity index (χ0v) is 12.9. The second-order valence-corrected chi connectivity index (χ2v) is 7.87. The number of ketones is 1. The van der Waals surface area contributed by atoms with Crippen LogP contribution in [0.3, 0.4) is 0 Å². The topological polar surface area (TPSA) is 48.2 Å². The van der Waals surface area contributed by atoms with E-state index in [0.29, 0.717) is 18.4 Å². The van der Waals surface area contributed by atoms with Crippen LogP contribution in [0.5, 0.6) is 5.75 Å². The van der Waals surface area contributed by atoms with Crippen molar-refractivity contribution in [2.24, 2.45) is 11.3 Å². The van der Waals surface area contributed by atoms with Gasteiger partial charge in [-0.1, -0.05) is 19.1 Å². The SMILES string of the molecule is CCOc1ccc2c3c1CC1C(=O)C=CC4(C)C5NC25CC314. The Morgan fingerprint density at radius 3 is 3.09 bits per heavy atom. The molecule has 5 atom stereocenters. The first-order valence-corrected chi connectivity index (χ1v) is 8.39. The molecular weight excluding hydrogens is 274 g/mol. The smallest absolute Gasteiger partial charge is 0.159 e. The van der Waals surface area contributed by atoms with Crippen molar-refractivity contribution in [3.05, 3.63) is 41.0 Å². The lowest BCUT2D eigenvalue weighted by Gasteiger charge is -2.47. The lowest BCUT2D eigenvalue weighted by atomic mass is 9.55. The van der Waals surface area contributed by atoms with Gasteiger partial charge in [-0.15, -0.1) is 0 Å². The average Bonchev–Trinajstić information content (AvgIpc) is 2.93. The molecule has 2 spiro atoms. The largest absolute Gasteiger partial charge is 0.494 e. The van der Waals surface area contributed by atoms with Gasteiger partial charge in [0.25, 0.3) is 0 Å². The van der Waals surface area contributed by atoms with E-state index in [0.717, 1.165) is 18.6 Å². The molecule has 1 aromatic carbocycles. The molecule has 1 saturated carbocycles. The van der Waals surface area contributed by atoms with E-state index in [4.69, 9.17) is 4.74 Å². The average molecular weight is 293 g/mol. The maximum atomic E-state index is 12.7. The van der Waals surface area contributed by atoms with E-state index in [1.165, 1.54) is 16.7 Å². The molecule has 2 bridgehead atoms. The van der Waals surface area contributed by atoms with Crippen molar-refractivity contribution in [2.75, 3.05) is 6.61 Å². The van der Waals surface area contributed by atoms with Crippen molar-refractivity contribution < 1.29 is 9.53 Å². The van der Waals surface area contributed by atoms with Crippen molar-refractivity contribution >= 4 is 5.78 Å². The molecule has 2 fully saturated rings. The van der Waals surface area contributed by atoms with Gasteiger partial charge in [0.1, 0.15) is 5.75 Å². The summed E-state index contributed by atoms with van der Waals surface area (Å²) in [5.41, 5.74) is 4.47. The maximum absolute atomic E-state index is 12.7. The van der Waals surface area contributed by atoms with Crippen LogP contribution < -0.4 is 10.1 Å². The Kier molecular flexibility index (Phi) is 1.65. The quantitative estimate of drug-likeness (QED) is 0.851. The van der Waals surface area contributed by atoms with Crippen LogP contribution in [-0.2, 0) is 22.2 Å². The number of fused-ring (bicyclic) bond motifs is 1. The highest BCUT2D eigenvalue weighted by Crippen LogP contribution is 2.80. The number of nitrogens with one attached hydrogen (secondary N) is 1. The summed E-state index contributed by atoms with van der Waals surface area (Å²) in [5.74, 6) is 1.44. The number of carbonyl (C=O) groups excluding carboxylic acids is 1. The molecule has 4 aliphatic carbocycles. The molecule has 1 saturated heterocycles. The van der Waals surface area contributed by atoms with Crippen molar-refractivity contribution in [1.29, 1.82) is 0 Å². The predicted octanol–water partition coefficient (Wildman–Crippen LogP) is 2.22. The Balaban J connectivity index is 1.73. The molecule has 1 N–H and O–H groups in total. The third-order valence-corrected chi connectivity index (χ3v) is 7.37. The molecule has 0 amide bonds. The Hall–Kier alpha value is -1.61. The monoisotopic (exact) mass is 293 g/mol. The number of carbonyl (C=O) groups is 1. The number of ether oxygens (including phenoxy) is 1. The number of allylic oxidation sites excluding steroid dienone is 1. The molecule has 3 heteroatoms. The van der Waals surface area contributed by atoms with Gasteiger partial charge in [-0.05, 0) is 48.6 Å². The van der Waals surface area contributed by atoms with Crippen LogP contribution >= 0.6 is 0 Å². The lowest BCUT2D eigenvalue weighted by Crippen LogP contribution is -2.51. The van der Waals surface area contributed by atoms with Crippen LogP contribution in [0.1, 0.15) is 37.0 Å². The second kappa shape index (κ2) is 3.05. The molecule has 112 valence electrons. The van der Waals surface area contributed by atoms with Gasteiger partial charge in [-0.2, -0.15) is 0 Å². The molecule has 0 radical (unpaired) electrons. The first-order valence-electron chi connectivity index (χ1n) is 8.39. The van der Waals surface area contributed by atoms with Gasteiger partial charge >= 0.3 is 0 Å². The Labute approximate surface area is 129 Å². The minimum absolute atomic E-state index is 0.0204. The van der Waals surface area contributed by atoms with Gasteiger partial charge in [-0.3, -0.25) is 4.79 Å². The number of hydrogen-bond acceptors (Lipinski definition) is 3. The highest BCUT2D eigenvalue weighted by Gasteiger charge is 2.85. The van der Waals surface area contributed by atoms with Gasteiger partial charge in [0.2, 0.25) is 0 Å². The normalized spacial score (nSPS) is 47.6. The van der Waals surface area contributed by atoms with Gasteiger partial charge in [0.05, 0.1) is 12.1 Å². The Morgan fingerprint density at radius 1 is 1.41 bits per heavy atom. The van der Waals surface area contributed by atoms with Crippen LogP contribution in [0, 0.1) is 11.3 Å². The predicted molar refractivity (Wildman–Crippen MR) is 82.0 cm³/mol. The zero-order valence-electron chi connectivity index (χ0n) is 12.9. The molecule has 1 aromatic rings. The van der Waals surface area contributed by atoms with Crippen molar-refractivity contribution in [3.8, 4) is 5.75 Å². The summed E-state index contributed by atoms with van der Waals surface area (Å²) in [6.07, 6.45) is 6.03. The summed E-state index contributed by atoms with van der Waals surface area (Å²) in [4.78, 5) is 12.7. The molecule has 22 heavy (non-hydrogen) atoms. The standard InChI is InChI=1S/C19H19NO2/c1-3-22-14-5-4-11-15-10(14)8-12-13(21)6-7-17(2)16-19(11,20-16)9-18(12,15)17/h4-7,12,16,20H,3,8-9H2,1-2H3. The third-order valence-electron chi connectivity index (χ3n) is 7.37. The summed E-state index contributed by atoms with van der Waals surface area (Å²) in [6, 6.07) is 4.90. The zero-order chi connectivity index (χ0) is 14.9. The highest BCUT2D eigenvalue weighted by atomic mass is 16.5. The fourth-order valence-corrected chi connectivity index (χ4v) is 6.62. The fourth-order valence-electron chi connectivity index (χ4n) is 6.62. The van der Waals surface area contributed by atoms with Gasteiger partial charge in [0, 0.05) is 22.8 Å². The van der Waals surface area contributed by atoms with Gasteiger partial charge in [-0.25, -0.2) is 0 Å². The summed E-state index contributed by atoms with van der Waals surface area (Å²) in [5, 5.41) is 3.77. The number of rotatable bonds is 2. The van der Waals surface area contributed by atoms with Crippen molar-refractivity contribution in [1.82, 2.24) is 5.32 Å². The molecule has 1 aliphatic heterocycles. The van der Waals surface area contributed by atoms with Gasteiger partial charge < -0.3 is 10.1 Å². The van der Waals surface area contributed by atoms with Crippen molar-refractivity contribution in [3.63, 3.8) is 0 Å². The van der Waals surface area contributed by atoms with Crippen molar-refractivity contribution in [2.45, 2.75) is 43.7 Å². The minimum atomic E-state index is 0.0204.